The molecular formula is C14H15N3O. The quantitative estimate of drug-likeness (QED) is 0.871. The van der Waals surface area contributed by atoms with Crippen LogP contribution in [0.2, 0.25) is 0 Å². The molecule has 92 valence electrons. The molecule has 1 aromatic heterocycles. The Labute approximate surface area is 106 Å². The first kappa shape index (κ1) is 11.0. The Kier molecular flexibility index (Phi) is 2.84. The third-order valence-corrected chi connectivity index (χ3v) is 3.20. The largest absolute Gasteiger partial charge is 0.493 e. The van der Waals surface area contributed by atoms with Crippen LogP contribution < -0.4 is 10.5 Å². The predicted octanol–water partition coefficient (Wildman–Crippen LogP) is 1.85. The number of benzene rings is 1. The lowest BCUT2D eigenvalue weighted by Gasteiger charge is -2.24. The van der Waals surface area contributed by atoms with Crippen LogP contribution in [-0.4, -0.2) is 16.6 Å². The van der Waals surface area contributed by atoms with Gasteiger partial charge >= 0.3 is 0 Å². The number of nitrogens with zero attached hydrogens (tertiary/aromatic N) is 2. The van der Waals surface area contributed by atoms with E-state index in [9.17, 15) is 0 Å². The van der Waals surface area contributed by atoms with Gasteiger partial charge < -0.3 is 10.5 Å². The highest BCUT2D eigenvalue weighted by Gasteiger charge is 2.20. The van der Waals surface area contributed by atoms with Gasteiger partial charge in [-0.05, 0) is 24.5 Å². The summed E-state index contributed by atoms with van der Waals surface area (Å²) in [6.45, 7) is 0.737. The van der Waals surface area contributed by atoms with Crippen LogP contribution in [0, 0.1) is 5.92 Å². The molecule has 1 aromatic carbocycles. The van der Waals surface area contributed by atoms with Gasteiger partial charge in [-0.25, -0.2) is 9.97 Å². The van der Waals surface area contributed by atoms with Gasteiger partial charge in [0, 0.05) is 17.7 Å². The number of aromatic nitrogens is 2. The van der Waals surface area contributed by atoms with Gasteiger partial charge in [-0.1, -0.05) is 18.2 Å². The average Bonchev–Trinajstić information content (AvgIpc) is 2.39. The van der Waals surface area contributed by atoms with Gasteiger partial charge in [0.15, 0.2) is 0 Å². The summed E-state index contributed by atoms with van der Waals surface area (Å²) >= 11 is 0. The highest BCUT2D eigenvalue weighted by atomic mass is 16.5. The minimum atomic E-state index is 0.453. The zero-order valence-electron chi connectivity index (χ0n) is 10.0. The fourth-order valence-electron chi connectivity index (χ4n) is 2.34. The number of hydrogen-bond donors (Lipinski definition) is 1. The minimum absolute atomic E-state index is 0.453. The number of fused-ring (bicyclic) bond motifs is 1. The third kappa shape index (κ3) is 2.27. The summed E-state index contributed by atoms with van der Waals surface area (Å²) in [4.78, 5) is 8.15. The molecule has 0 unspecified atom stereocenters. The highest BCUT2D eigenvalue weighted by molar-refractivity contribution is 5.35. The maximum absolute atomic E-state index is 5.76. The standard InChI is InChI=1S/C14H15N3O/c15-14-7-12(16-9-17-14)6-10-5-11-3-1-2-4-13(11)18-8-10/h1-4,7,9-10H,5-6,8H2,(H2,15,16,17)/t10-/m0/s1. The molecule has 1 atom stereocenters. The number of para-hydroxylation sites is 1. The summed E-state index contributed by atoms with van der Waals surface area (Å²) in [5.74, 6) is 1.99. The monoisotopic (exact) mass is 241 g/mol. The zero-order valence-corrected chi connectivity index (χ0v) is 10.0. The van der Waals surface area contributed by atoms with Crippen molar-refractivity contribution in [3.63, 3.8) is 0 Å². The second kappa shape index (κ2) is 4.64. The van der Waals surface area contributed by atoms with Crippen LogP contribution in [0.25, 0.3) is 0 Å². The van der Waals surface area contributed by atoms with Crippen LogP contribution in [0.5, 0.6) is 5.75 Å². The summed E-state index contributed by atoms with van der Waals surface area (Å²) in [7, 11) is 0. The number of nitrogens with two attached hydrogens (primary N) is 1. The number of rotatable bonds is 2. The molecule has 1 aliphatic rings. The lowest BCUT2D eigenvalue weighted by molar-refractivity contribution is 0.220. The van der Waals surface area contributed by atoms with Crippen molar-refractivity contribution in [3.05, 3.63) is 47.9 Å². The van der Waals surface area contributed by atoms with Crippen molar-refractivity contribution in [3.8, 4) is 5.75 Å². The van der Waals surface area contributed by atoms with E-state index < -0.39 is 0 Å². The van der Waals surface area contributed by atoms with E-state index in [1.54, 1.807) is 0 Å². The van der Waals surface area contributed by atoms with Gasteiger partial charge in [0.2, 0.25) is 0 Å². The number of anilines is 1. The molecule has 0 saturated heterocycles. The van der Waals surface area contributed by atoms with Crippen molar-refractivity contribution in [2.24, 2.45) is 5.92 Å². The Hall–Kier alpha value is -2.10. The smallest absolute Gasteiger partial charge is 0.126 e. The van der Waals surface area contributed by atoms with E-state index in [0.717, 1.165) is 30.9 Å². The minimum Gasteiger partial charge on any atom is -0.493 e. The normalized spacial score (nSPS) is 17.9. The molecule has 2 N–H and O–H groups in total. The maximum Gasteiger partial charge on any atom is 0.126 e. The molecule has 3 rings (SSSR count). The fourth-order valence-corrected chi connectivity index (χ4v) is 2.34. The molecule has 4 nitrogen and oxygen atoms in total. The molecule has 0 saturated carbocycles. The van der Waals surface area contributed by atoms with E-state index in [1.807, 2.05) is 24.3 Å². The highest BCUT2D eigenvalue weighted by Crippen LogP contribution is 2.28. The Bertz CT molecular complexity index is 556. The van der Waals surface area contributed by atoms with Crippen LogP contribution in [-0.2, 0) is 12.8 Å². The predicted molar refractivity (Wildman–Crippen MR) is 69.3 cm³/mol. The first-order valence-corrected chi connectivity index (χ1v) is 6.08. The number of hydrogen-bond acceptors (Lipinski definition) is 4. The maximum atomic E-state index is 5.76. The van der Waals surface area contributed by atoms with E-state index in [2.05, 4.69) is 16.0 Å². The Morgan fingerprint density at radius 1 is 1.28 bits per heavy atom. The van der Waals surface area contributed by atoms with Gasteiger partial charge in [-0.3, -0.25) is 0 Å². The third-order valence-electron chi connectivity index (χ3n) is 3.20. The van der Waals surface area contributed by atoms with Crippen LogP contribution in [0.3, 0.4) is 0 Å². The van der Waals surface area contributed by atoms with Crippen molar-refractivity contribution in [2.45, 2.75) is 12.8 Å². The van der Waals surface area contributed by atoms with E-state index in [4.69, 9.17) is 10.5 Å². The van der Waals surface area contributed by atoms with Crippen molar-refractivity contribution in [1.82, 2.24) is 9.97 Å². The lowest BCUT2D eigenvalue weighted by Crippen LogP contribution is -2.23. The molecule has 0 amide bonds. The Balaban J connectivity index is 1.73. The van der Waals surface area contributed by atoms with Crippen molar-refractivity contribution >= 4 is 5.82 Å². The Morgan fingerprint density at radius 3 is 3.06 bits per heavy atom. The van der Waals surface area contributed by atoms with E-state index in [1.165, 1.54) is 11.9 Å². The van der Waals surface area contributed by atoms with Crippen molar-refractivity contribution < 1.29 is 4.74 Å². The van der Waals surface area contributed by atoms with Crippen molar-refractivity contribution in [2.75, 3.05) is 12.3 Å². The molecular weight excluding hydrogens is 226 g/mol. The molecule has 0 radical (unpaired) electrons. The van der Waals surface area contributed by atoms with Gasteiger partial charge in [0.1, 0.15) is 17.9 Å². The van der Waals surface area contributed by atoms with Crippen LogP contribution in [0.15, 0.2) is 36.7 Å². The molecule has 0 aliphatic carbocycles. The summed E-state index contributed by atoms with van der Waals surface area (Å²) < 4.78 is 5.76. The molecule has 2 aromatic rings. The summed E-state index contributed by atoms with van der Waals surface area (Å²) in [5, 5.41) is 0. The SMILES string of the molecule is Nc1cc(C[C@H]2COc3ccccc3C2)ncn1. The van der Waals surface area contributed by atoms with Crippen LogP contribution in [0.4, 0.5) is 5.82 Å². The molecule has 0 spiro atoms. The Morgan fingerprint density at radius 2 is 2.17 bits per heavy atom. The van der Waals surface area contributed by atoms with E-state index in [-0.39, 0.29) is 0 Å². The van der Waals surface area contributed by atoms with Gasteiger partial charge in [0.05, 0.1) is 6.61 Å². The molecule has 18 heavy (non-hydrogen) atoms. The second-order valence-corrected chi connectivity index (χ2v) is 4.63. The molecule has 4 heteroatoms. The van der Waals surface area contributed by atoms with Gasteiger partial charge in [-0.15, -0.1) is 0 Å². The topological polar surface area (TPSA) is 61.0 Å². The number of ether oxygens (including phenoxy) is 1. The van der Waals surface area contributed by atoms with E-state index in [0.29, 0.717) is 11.7 Å². The number of nitrogen functional groups attached to an aromatic ring is 1. The molecule has 0 bridgehead atoms. The molecule has 0 fully saturated rings. The summed E-state index contributed by atoms with van der Waals surface area (Å²) in [5.41, 5.74) is 7.91. The van der Waals surface area contributed by atoms with E-state index >= 15 is 0 Å². The molecule has 1 aliphatic heterocycles. The first-order chi connectivity index (χ1) is 8.81. The van der Waals surface area contributed by atoms with Gasteiger partial charge in [-0.2, -0.15) is 0 Å². The molecule has 2 heterocycles. The van der Waals surface area contributed by atoms with Crippen LogP contribution in [0.1, 0.15) is 11.3 Å². The lowest BCUT2D eigenvalue weighted by atomic mass is 9.93. The fraction of sp³-hybridized carbons (Fsp3) is 0.286. The van der Waals surface area contributed by atoms with Gasteiger partial charge in [0.25, 0.3) is 0 Å². The average molecular weight is 241 g/mol. The first-order valence-electron chi connectivity index (χ1n) is 6.08. The summed E-state index contributed by atoms with van der Waals surface area (Å²) in [6.07, 6.45) is 3.42. The summed E-state index contributed by atoms with van der Waals surface area (Å²) in [6, 6.07) is 10.0. The second-order valence-electron chi connectivity index (χ2n) is 4.63. The zero-order chi connectivity index (χ0) is 12.4. The van der Waals surface area contributed by atoms with Crippen LogP contribution >= 0.6 is 0 Å². The van der Waals surface area contributed by atoms with Crippen molar-refractivity contribution in [1.29, 1.82) is 0 Å².